The third-order valence-electron chi connectivity index (χ3n) is 5.46. The van der Waals surface area contributed by atoms with E-state index in [4.69, 9.17) is 10.8 Å². The molecule has 5 heteroatoms. The lowest BCUT2D eigenvalue weighted by atomic mass is 9.98. The Balaban J connectivity index is 1.56. The molecule has 1 heterocycles. The van der Waals surface area contributed by atoms with Gasteiger partial charge in [-0.3, -0.25) is 9.48 Å². The topological polar surface area (TPSA) is 72.9 Å². The molecule has 0 atom stereocenters. The van der Waals surface area contributed by atoms with Gasteiger partial charge in [-0.25, -0.2) is 0 Å². The summed E-state index contributed by atoms with van der Waals surface area (Å²) in [5, 5.41) is 7.85. The second-order valence-electron chi connectivity index (χ2n) is 7.60. The number of benzene rings is 2. The molecule has 0 radical (unpaired) electrons. The van der Waals surface area contributed by atoms with Crippen molar-refractivity contribution in [3.63, 3.8) is 0 Å². The average Bonchev–Trinajstić information content (AvgIpc) is 3.35. The van der Waals surface area contributed by atoms with Crippen molar-refractivity contribution in [3.8, 4) is 11.3 Å². The molecule has 1 saturated carbocycles. The van der Waals surface area contributed by atoms with Crippen molar-refractivity contribution in [3.05, 3.63) is 78.0 Å². The fraction of sp³-hybridized carbons (Fsp3) is 0.304. The number of rotatable bonds is 6. The lowest BCUT2D eigenvalue weighted by Gasteiger charge is -2.22. The van der Waals surface area contributed by atoms with Crippen LogP contribution < -0.4 is 11.1 Å². The van der Waals surface area contributed by atoms with Gasteiger partial charge in [0.1, 0.15) is 0 Å². The Bertz CT molecular complexity index is 928. The number of nitrogens with zero attached hydrogens (tertiary/aromatic N) is 2. The zero-order valence-corrected chi connectivity index (χ0v) is 16.0. The fourth-order valence-corrected chi connectivity index (χ4v) is 3.87. The first-order chi connectivity index (χ1) is 13.6. The summed E-state index contributed by atoms with van der Waals surface area (Å²) >= 11 is 0. The maximum atomic E-state index is 12.6. The molecule has 144 valence electrons. The van der Waals surface area contributed by atoms with Crippen LogP contribution in [0.25, 0.3) is 11.3 Å². The molecule has 2 aromatic carbocycles. The first-order valence-corrected chi connectivity index (χ1v) is 9.87. The molecule has 1 aliphatic carbocycles. The highest BCUT2D eigenvalue weighted by Crippen LogP contribution is 2.28. The average molecular weight is 374 g/mol. The highest BCUT2D eigenvalue weighted by molar-refractivity contribution is 5.86. The summed E-state index contributed by atoms with van der Waals surface area (Å²) in [6.45, 7) is 1.12. The lowest BCUT2D eigenvalue weighted by Crippen LogP contribution is -2.51. The number of carbonyl (C=O) groups excluding carboxylic acids is 1. The summed E-state index contributed by atoms with van der Waals surface area (Å²) in [6.07, 6.45) is 5.59. The Labute approximate surface area is 165 Å². The summed E-state index contributed by atoms with van der Waals surface area (Å²) in [6, 6.07) is 20.3. The van der Waals surface area contributed by atoms with E-state index in [2.05, 4.69) is 17.4 Å². The maximum absolute atomic E-state index is 12.6. The van der Waals surface area contributed by atoms with Crippen molar-refractivity contribution in [2.24, 2.45) is 5.73 Å². The van der Waals surface area contributed by atoms with Gasteiger partial charge in [-0.15, -0.1) is 0 Å². The Morgan fingerprint density at radius 3 is 2.36 bits per heavy atom. The predicted molar refractivity (Wildman–Crippen MR) is 110 cm³/mol. The quantitative estimate of drug-likeness (QED) is 0.694. The largest absolute Gasteiger partial charge is 0.350 e. The van der Waals surface area contributed by atoms with E-state index >= 15 is 0 Å². The number of nitrogens with one attached hydrogen (secondary N) is 1. The van der Waals surface area contributed by atoms with Gasteiger partial charge in [0.2, 0.25) is 5.91 Å². The third kappa shape index (κ3) is 3.99. The van der Waals surface area contributed by atoms with Crippen molar-refractivity contribution in [1.82, 2.24) is 15.1 Å². The van der Waals surface area contributed by atoms with E-state index in [9.17, 15) is 4.79 Å². The van der Waals surface area contributed by atoms with E-state index in [-0.39, 0.29) is 5.91 Å². The van der Waals surface area contributed by atoms with Gasteiger partial charge in [-0.05, 0) is 18.4 Å². The fourth-order valence-electron chi connectivity index (χ4n) is 3.87. The highest BCUT2D eigenvalue weighted by Gasteiger charge is 2.36. The van der Waals surface area contributed by atoms with Gasteiger partial charge in [0, 0.05) is 23.9 Å². The number of aromatic nitrogens is 2. The van der Waals surface area contributed by atoms with Crippen LogP contribution in [-0.2, 0) is 17.9 Å². The molecule has 0 aliphatic heterocycles. The molecular weight excluding hydrogens is 348 g/mol. The monoisotopic (exact) mass is 374 g/mol. The molecule has 3 N–H and O–H groups in total. The van der Waals surface area contributed by atoms with Crippen LogP contribution in [0, 0.1) is 0 Å². The van der Waals surface area contributed by atoms with Gasteiger partial charge in [-0.1, -0.05) is 73.5 Å². The molecule has 1 aliphatic rings. The van der Waals surface area contributed by atoms with Crippen LogP contribution >= 0.6 is 0 Å². The highest BCUT2D eigenvalue weighted by atomic mass is 16.2. The van der Waals surface area contributed by atoms with E-state index < -0.39 is 5.54 Å². The zero-order chi connectivity index (χ0) is 19.4. The van der Waals surface area contributed by atoms with Crippen molar-refractivity contribution >= 4 is 5.91 Å². The van der Waals surface area contributed by atoms with Crippen LogP contribution in [0.4, 0.5) is 0 Å². The number of carbonyl (C=O) groups is 1. The van der Waals surface area contributed by atoms with Gasteiger partial charge in [0.05, 0.1) is 17.8 Å². The van der Waals surface area contributed by atoms with Crippen LogP contribution in [0.5, 0.6) is 0 Å². The van der Waals surface area contributed by atoms with Crippen LogP contribution in [0.3, 0.4) is 0 Å². The van der Waals surface area contributed by atoms with E-state index in [1.165, 1.54) is 5.56 Å². The molecule has 0 saturated heterocycles. The SMILES string of the molecule is NC1(C(=O)NCc2cn(Cc3ccccc3)nc2-c2ccccc2)CCCC1. The van der Waals surface area contributed by atoms with Crippen molar-refractivity contribution in [2.45, 2.75) is 44.3 Å². The maximum Gasteiger partial charge on any atom is 0.240 e. The van der Waals surface area contributed by atoms with E-state index in [0.29, 0.717) is 13.1 Å². The molecule has 5 nitrogen and oxygen atoms in total. The van der Waals surface area contributed by atoms with Crippen LogP contribution in [-0.4, -0.2) is 21.2 Å². The number of amides is 1. The molecule has 0 spiro atoms. The Morgan fingerprint density at radius 1 is 1.04 bits per heavy atom. The second-order valence-corrected chi connectivity index (χ2v) is 7.60. The summed E-state index contributed by atoms with van der Waals surface area (Å²) < 4.78 is 1.94. The molecule has 1 fully saturated rings. The summed E-state index contributed by atoms with van der Waals surface area (Å²) in [4.78, 5) is 12.6. The number of nitrogens with two attached hydrogens (primary N) is 1. The van der Waals surface area contributed by atoms with E-state index in [0.717, 1.165) is 42.5 Å². The third-order valence-corrected chi connectivity index (χ3v) is 5.46. The Morgan fingerprint density at radius 2 is 1.68 bits per heavy atom. The zero-order valence-electron chi connectivity index (χ0n) is 16.0. The summed E-state index contributed by atoms with van der Waals surface area (Å²) in [5.41, 5.74) is 9.70. The van der Waals surface area contributed by atoms with Gasteiger partial charge in [-0.2, -0.15) is 5.10 Å². The minimum absolute atomic E-state index is 0.0557. The van der Waals surface area contributed by atoms with Gasteiger partial charge < -0.3 is 11.1 Å². The van der Waals surface area contributed by atoms with Crippen molar-refractivity contribution < 1.29 is 4.79 Å². The molecule has 28 heavy (non-hydrogen) atoms. The van der Waals surface area contributed by atoms with E-state index in [1.807, 2.05) is 59.4 Å². The predicted octanol–water partition coefficient (Wildman–Crippen LogP) is 3.49. The summed E-state index contributed by atoms with van der Waals surface area (Å²) in [5.74, 6) is -0.0557. The standard InChI is InChI=1S/C23H26N4O/c24-23(13-7-8-14-23)22(28)25-15-20-17-27(16-18-9-3-1-4-10-18)26-21(20)19-11-5-2-6-12-19/h1-6,9-12,17H,7-8,13-16,24H2,(H,25,28). The first kappa shape index (κ1) is 18.4. The minimum Gasteiger partial charge on any atom is -0.350 e. The number of hydrogen-bond donors (Lipinski definition) is 2. The molecular formula is C23H26N4O. The van der Waals surface area contributed by atoms with Crippen molar-refractivity contribution in [2.75, 3.05) is 0 Å². The minimum atomic E-state index is -0.715. The van der Waals surface area contributed by atoms with Gasteiger partial charge >= 0.3 is 0 Å². The molecule has 4 rings (SSSR count). The Hall–Kier alpha value is -2.92. The molecule has 0 bridgehead atoms. The summed E-state index contributed by atoms with van der Waals surface area (Å²) in [7, 11) is 0. The lowest BCUT2D eigenvalue weighted by molar-refractivity contribution is -0.126. The van der Waals surface area contributed by atoms with Crippen LogP contribution in [0.2, 0.25) is 0 Å². The normalized spacial score (nSPS) is 15.5. The molecule has 0 unspecified atom stereocenters. The van der Waals surface area contributed by atoms with Crippen molar-refractivity contribution in [1.29, 1.82) is 0 Å². The molecule has 3 aromatic rings. The molecule has 1 aromatic heterocycles. The first-order valence-electron chi connectivity index (χ1n) is 9.87. The Kier molecular flexibility index (Phi) is 5.26. The van der Waals surface area contributed by atoms with Gasteiger partial charge in [0.15, 0.2) is 0 Å². The molecule has 1 amide bonds. The van der Waals surface area contributed by atoms with Crippen LogP contribution in [0.15, 0.2) is 66.9 Å². The second kappa shape index (κ2) is 7.98. The van der Waals surface area contributed by atoms with Gasteiger partial charge in [0.25, 0.3) is 0 Å². The van der Waals surface area contributed by atoms with Crippen LogP contribution in [0.1, 0.15) is 36.8 Å². The number of hydrogen-bond acceptors (Lipinski definition) is 3. The smallest absolute Gasteiger partial charge is 0.240 e. The van der Waals surface area contributed by atoms with E-state index in [1.54, 1.807) is 0 Å².